The lowest BCUT2D eigenvalue weighted by molar-refractivity contribution is -0.128. The smallest absolute Gasteiger partial charge is 0.391 e. The van der Waals surface area contributed by atoms with Gasteiger partial charge in [-0.1, -0.05) is 18.1 Å². The molecule has 9 heteroatoms. The number of halogens is 3. The molecule has 1 aromatic carbocycles. The Morgan fingerprint density at radius 2 is 1.68 bits per heavy atom. The number of aromatic nitrogens is 4. The fourth-order valence-corrected chi connectivity index (χ4v) is 2.70. The van der Waals surface area contributed by atoms with Crippen molar-refractivity contribution in [2.24, 2.45) is 0 Å². The highest BCUT2D eigenvalue weighted by molar-refractivity contribution is 5.90. The summed E-state index contributed by atoms with van der Waals surface area (Å²) in [5.74, 6) is 1.65. The maximum atomic E-state index is 14.3. The Bertz CT molecular complexity index is 1340. The minimum absolute atomic E-state index is 0.0565. The van der Waals surface area contributed by atoms with Crippen LogP contribution >= 0.6 is 0 Å². The van der Waals surface area contributed by atoms with Gasteiger partial charge in [-0.2, -0.15) is 0 Å². The second-order valence-corrected chi connectivity index (χ2v) is 6.15. The van der Waals surface area contributed by atoms with Crippen molar-refractivity contribution in [3.05, 3.63) is 90.3 Å². The topological polar surface area (TPSA) is 69.9 Å². The van der Waals surface area contributed by atoms with Crippen LogP contribution in [0.2, 0.25) is 0 Å². The normalized spacial score (nSPS) is 10.3. The molecule has 0 radical (unpaired) electrons. The van der Waals surface area contributed by atoms with Crippen molar-refractivity contribution < 1.29 is 22.7 Å². The number of hydrogen-bond donors (Lipinski definition) is 0. The van der Waals surface area contributed by atoms with Gasteiger partial charge in [0.15, 0.2) is 0 Å². The first-order chi connectivity index (χ1) is 15.0. The fourth-order valence-electron chi connectivity index (χ4n) is 2.70. The Kier molecular flexibility index (Phi) is 5.45. The number of ether oxygens (including phenoxy) is 1. The van der Waals surface area contributed by atoms with Gasteiger partial charge in [0.05, 0.1) is 18.1 Å². The molecule has 0 aliphatic rings. The third kappa shape index (κ3) is 4.59. The molecular weight excluding hydrogens is 409 g/mol. The molecule has 31 heavy (non-hydrogen) atoms. The Morgan fingerprint density at radius 1 is 0.935 bits per heavy atom. The zero-order chi connectivity index (χ0) is 21.8. The molecular formula is C22H11F3N4O2. The summed E-state index contributed by atoms with van der Waals surface area (Å²) < 4.78 is 47.4. The average molecular weight is 420 g/mol. The summed E-state index contributed by atoms with van der Waals surface area (Å²) in [5, 5.41) is 4.10. The van der Waals surface area contributed by atoms with E-state index >= 15 is 0 Å². The number of pyridine rings is 2. The van der Waals surface area contributed by atoms with E-state index in [-0.39, 0.29) is 28.4 Å². The molecule has 0 spiro atoms. The second kappa shape index (κ2) is 8.51. The summed E-state index contributed by atoms with van der Waals surface area (Å²) in [4.78, 5) is 19.5. The first-order valence-corrected chi connectivity index (χ1v) is 8.80. The van der Waals surface area contributed by atoms with Crippen LogP contribution < -0.4 is 4.74 Å². The summed E-state index contributed by atoms with van der Waals surface area (Å²) in [7, 11) is 0. The lowest BCUT2D eigenvalue weighted by atomic mass is 10.2. The van der Waals surface area contributed by atoms with Gasteiger partial charge >= 0.3 is 5.97 Å². The second-order valence-electron chi connectivity index (χ2n) is 6.15. The molecule has 0 bridgehead atoms. The standard InChI is InChI=1S/C22H11F3N4O2/c23-16-7-14(10-26-12-16)5-6-22(30)31-21-9-20(15-8-17(24)13-27-11-15)29(28-21)19-4-2-1-3-18(19)25/h1-4,7-13H. The highest BCUT2D eigenvalue weighted by Crippen LogP contribution is 2.28. The van der Waals surface area contributed by atoms with Crippen LogP contribution in [-0.2, 0) is 4.79 Å². The van der Waals surface area contributed by atoms with E-state index in [9.17, 15) is 18.0 Å². The number of carbonyl (C=O) groups is 1. The molecule has 0 amide bonds. The van der Waals surface area contributed by atoms with Crippen LogP contribution in [0.15, 0.2) is 67.3 Å². The maximum absolute atomic E-state index is 14.3. The van der Waals surface area contributed by atoms with Crippen LogP contribution in [0.5, 0.6) is 5.88 Å². The van der Waals surface area contributed by atoms with Crippen molar-refractivity contribution in [3.63, 3.8) is 0 Å². The van der Waals surface area contributed by atoms with E-state index in [1.165, 1.54) is 47.4 Å². The molecule has 0 N–H and O–H groups in total. The van der Waals surface area contributed by atoms with Crippen LogP contribution in [0.25, 0.3) is 16.9 Å². The van der Waals surface area contributed by atoms with E-state index in [1.807, 2.05) is 0 Å². The Hall–Kier alpha value is -4.45. The summed E-state index contributed by atoms with van der Waals surface area (Å²) in [6.45, 7) is 0. The van der Waals surface area contributed by atoms with Gasteiger partial charge in [0.2, 0.25) is 5.88 Å². The molecule has 152 valence electrons. The van der Waals surface area contributed by atoms with E-state index in [2.05, 4.69) is 26.9 Å². The van der Waals surface area contributed by atoms with Gasteiger partial charge in [0.1, 0.15) is 23.1 Å². The zero-order valence-corrected chi connectivity index (χ0v) is 15.6. The van der Waals surface area contributed by atoms with Gasteiger partial charge in [0.25, 0.3) is 0 Å². The summed E-state index contributed by atoms with van der Waals surface area (Å²) in [5.41, 5.74) is 0.763. The number of para-hydroxylation sites is 1. The van der Waals surface area contributed by atoms with Gasteiger partial charge in [0, 0.05) is 35.5 Å². The lowest BCUT2D eigenvalue weighted by Gasteiger charge is -2.07. The molecule has 0 unspecified atom stereocenters. The van der Waals surface area contributed by atoms with Crippen LogP contribution in [0.1, 0.15) is 5.56 Å². The number of esters is 1. The molecule has 3 aromatic heterocycles. The van der Waals surface area contributed by atoms with Gasteiger partial charge in [-0.15, -0.1) is 5.10 Å². The molecule has 4 aromatic rings. The predicted molar refractivity (Wildman–Crippen MR) is 103 cm³/mol. The van der Waals surface area contributed by atoms with Gasteiger partial charge in [-0.05, 0) is 24.3 Å². The first kappa shape index (κ1) is 19.8. The van der Waals surface area contributed by atoms with E-state index < -0.39 is 23.4 Å². The van der Waals surface area contributed by atoms with Gasteiger partial charge in [-0.3, -0.25) is 9.97 Å². The third-order valence-electron chi connectivity index (χ3n) is 3.98. The van der Waals surface area contributed by atoms with E-state index in [4.69, 9.17) is 4.74 Å². The maximum Gasteiger partial charge on any atom is 0.391 e. The van der Waals surface area contributed by atoms with Crippen LogP contribution in [-0.4, -0.2) is 25.7 Å². The van der Waals surface area contributed by atoms with Gasteiger partial charge < -0.3 is 4.74 Å². The number of hydrogen-bond acceptors (Lipinski definition) is 5. The largest absolute Gasteiger partial charge is 0.396 e. The number of carbonyl (C=O) groups excluding carboxylic acids is 1. The monoisotopic (exact) mass is 420 g/mol. The van der Waals surface area contributed by atoms with Crippen molar-refractivity contribution in [1.29, 1.82) is 0 Å². The number of rotatable bonds is 3. The van der Waals surface area contributed by atoms with Crippen molar-refractivity contribution >= 4 is 5.97 Å². The SMILES string of the molecule is O=C(C#Cc1cncc(F)c1)Oc1cc(-c2cncc(F)c2)n(-c2ccccc2F)n1. The minimum Gasteiger partial charge on any atom is -0.396 e. The number of benzene rings is 1. The lowest BCUT2D eigenvalue weighted by Crippen LogP contribution is -2.06. The number of nitrogens with zero attached hydrogens (tertiary/aromatic N) is 4. The fraction of sp³-hybridized carbons (Fsp3) is 0. The Labute approximate surface area is 174 Å². The van der Waals surface area contributed by atoms with E-state index in [0.717, 1.165) is 18.5 Å². The highest BCUT2D eigenvalue weighted by Gasteiger charge is 2.17. The van der Waals surface area contributed by atoms with Crippen molar-refractivity contribution in [2.75, 3.05) is 0 Å². The average Bonchev–Trinajstić information content (AvgIpc) is 3.16. The van der Waals surface area contributed by atoms with Crippen LogP contribution in [0.3, 0.4) is 0 Å². The molecule has 0 saturated heterocycles. The van der Waals surface area contributed by atoms with E-state index in [1.54, 1.807) is 6.07 Å². The molecule has 4 rings (SSSR count). The zero-order valence-electron chi connectivity index (χ0n) is 15.6. The molecule has 0 atom stereocenters. The molecule has 0 aliphatic carbocycles. The van der Waals surface area contributed by atoms with Crippen LogP contribution in [0, 0.1) is 29.3 Å². The molecule has 3 heterocycles. The highest BCUT2D eigenvalue weighted by atomic mass is 19.1. The molecule has 6 nitrogen and oxygen atoms in total. The van der Waals surface area contributed by atoms with Gasteiger partial charge in [-0.25, -0.2) is 22.6 Å². The van der Waals surface area contributed by atoms with Crippen molar-refractivity contribution in [3.8, 4) is 34.7 Å². The Morgan fingerprint density at radius 3 is 2.42 bits per heavy atom. The van der Waals surface area contributed by atoms with Crippen molar-refractivity contribution in [2.45, 2.75) is 0 Å². The third-order valence-corrected chi connectivity index (χ3v) is 3.98. The Balaban J connectivity index is 1.69. The molecule has 0 fully saturated rings. The first-order valence-electron chi connectivity index (χ1n) is 8.80. The summed E-state index contributed by atoms with van der Waals surface area (Å²) in [6.07, 6.45) is 4.66. The molecule has 0 aliphatic heterocycles. The quantitative estimate of drug-likeness (QED) is 0.373. The van der Waals surface area contributed by atoms with E-state index in [0.29, 0.717) is 0 Å². The van der Waals surface area contributed by atoms with Crippen LogP contribution in [0.4, 0.5) is 13.2 Å². The predicted octanol–water partition coefficient (Wildman–Crippen LogP) is 3.70. The summed E-state index contributed by atoms with van der Waals surface area (Å²) >= 11 is 0. The molecule has 0 saturated carbocycles. The minimum atomic E-state index is -0.980. The van der Waals surface area contributed by atoms with Crippen molar-refractivity contribution in [1.82, 2.24) is 19.7 Å². The summed E-state index contributed by atoms with van der Waals surface area (Å²) in [6, 6.07) is 9.41.